The Kier molecular flexibility index (Phi) is 9.08. The lowest BCUT2D eigenvalue weighted by atomic mass is 9.97. The number of ether oxygens (including phenoxy) is 2. The number of aliphatic hydroxyl groups is 1. The zero-order valence-electron chi connectivity index (χ0n) is 26.9. The first-order valence-corrected chi connectivity index (χ1v) is 16.8. The summed E-state index contributed by atoms with van der Waals surface area (Å²) < 4.78 is 15.1. The summed E-state index contributed by atoms with van der Waals surface area (Å²) in [5.74, 6) is 8.53. The van der Waals surface area contributed by atoms with E-state index in [4.69, 9.17) is 15.2 Å². The minimum Gasteiger partial charge on any atom is -0.504 e. The molecule has 47 heavy (non-hydrogen) atoms. The Hall–Kier alpha value is -4.48. The van der Waals surface area contributed by atoms with E-state index in [1.807, 2.05) is 24.3 Å². The number of aliphatic hydroxyl groups excluding tert-OH is 1. The Balaban J connectivity index is 1.37. The summed E-state index contributed by atoms with van der Waals surface area (Å²) in [6.45, 7) is 2.80. The number of hydrogen-bond donors (Lipinski definition) is 4. The molecule has 1 aromatic heterocycles. The molecule has 7 rings (SSSR count). The number of aryl methyl sites for hydroxylation is 1. The van der Waals surface area contributed by atoms with Gasteiger partial charge in [0.15, 0.2) is 11.5 Å². The van der Waals surface area contributed by atoms with Crippen LogP contribution in [0.2, 0.25) is 0 Å². The van der Waals surface area contributed by atoms with Crippen LogP contribution < -0.4 is 15.8 Å². The second-order valence-corrected chi connectivity index (χ2v) is 13.2. The van der Waals surface area contributed by atoms with E-state index in [9.17, 15) is 10.2 Å². The van der Waals surface area contributed by atoms with E-state index in [2.05, 4.69) is 77.4 Å². The van der Waals surface area contributed by atoms with Crippen LogP contribution in [0.3, 0.4) is 0 Å². The summed E-state index contributed by atoms with van der Waals surface area (Å²) in [4.78, 5) is 0. The van der Waals surface area contributed by atoms with E-state index in [0.717, 1.165) is 64.5 Å². The van der Waals surface area contributed by atoms with Gasteiger partial charge in [0.2, 0.25) is 0 Å². The minimum absolute atomic E-state index is 0.0989. The van der Waals surface area contributed by atoms with Gasteiger partial charge in [0.25, 0.3) is 0 Å². The molecule has 4 atom stereocenters. The van der Waals surface area contributed by atoms with Crippen molar-refractivity contribution in [3.05, 3.63) is 113 Å². The Morgan fingerprint density at radius 2 is 1.87 bits per heavy atom. The quantitative estimate of drug-likeness (QED) is 0.191. The van der Waals surface area contributed by atoms with E-state index in [1.54, 1.807) is 6.07 Å². The molecule has 7 heteroatoms. The molecular formula is C40H43N3O4. The van der Waals surface area contributed by atoms with Gasteiger partial charge in [0.05, 0.1) is 25.0 Å². The molecule has 3 aliphatic rings. The van der Waals surface area contributed by atoms with Crippen LogP contribution in [0.1, 0.15) is 61.3 Å². The molecule has 0 radical (unpaired) electrons. The molecule has 6 bridgehead atoms. The number of phenols is 1. The maximum Gasteiger partial charge on any atom is 0.161 e. The summed E-state index contributed by atoms with van der Waals surface area (Å²) in [5.41, 5.74) is 12.8. The Bertz CT molecular complexity index is 1880. The van der Waals surface area contributed by atoms with Crippen molar-refractivity contribution in [3.63, 3.8) is 0 Å². The highest BCUT2D eigenvalue weighted by atomic mass is 16.5. The molecular weight excluding hydrogens is 586 g/mol. The third-order valence-electron chi connectivity index (χ3n) is 9.46. The van der Waals surface area contributed by atoms with Gasteiger partial charge in [-0.1, -0.05) is 61.2 Å². The van der Waals surface area contributed by atoms with Crippen molar-refractivity contribution in [2.24, 2.45) is 11.7 Å². The first-order valence-electron chi connectivity index (χ1n) is 16.8. The Morgan fingerprint density at radius 3 is 2.74 bits per heavy atom. The number of dihydropyridines is 1. The van der Waals surface area contributed by atoms with Crippen molar-refractivity contribution in [1.82, 2.24) is 9.88 Å². The number of aromatic hydroxyl groups is 1. The van der Waals surface area contributed by atoms with Gasteiger partial charge in [-0.05, 0) is 91.5 Å². The van der Waals surface area contributed by atoms with Crippen molar-refractivity contribution < 1.29 is 19.7 Å². The molecule has 242 valence electrons. The molecule has 4 heterocycles. The zero-order chi connectivity index (χ0) is 32.3. The highest BCUT2D eigenvalue weighted by molar-refractivity contribution is 5.88. The fourth-order valence-corrected chi connectivity index (χ4v) is 6.90. The van der Waals surface area contributed by atoms with Crippen LogP contribution in [-0.2, 0) is 24.2 Å². The normalized spacial score (nSPS) is 23.4. The van der Waals surface area contributed by atoms with Crippen LogP contribution in [0, 0.1) is 17.8 Å². The second kappa shape index (κ2) is 13.7. The van der Waals surface area contributed by atoms with E-state index in [0.29, 0.717) is 31.6 Å². The Morgan fingerprint density at radius 1 is 1.00 bits per heavy atom. The van der Waals surface area contributed by atoms with E-state index >= 15 is 0 Å². The van der Waals surface area contributed by atoms with Gasteiger partial charge in [-0.15, -0.1) is 0 Å². The number of benzene rings is 3. The van der Waals surface area contributed by atoms with Gasteiger partial charge in [-0.2, -0.15) is 0 Å². The SMILES string of the molecule is CC1C#CC2=CC(N)NC3=C2COC(CCC1)CC(O)CCc1ccc(O)c(c1)OCc1cc(Cc2ccccc2)cc2cn3cc12. The zero-order valence-corrected chi connectivity index (χ0v) is 26.9. The van der Waals surface area contributed by atoms with Crippen LogP contribution in [0.4, 0.5) is 0 Å². The maximum atomic E-state index is 11.1. The monoisotopic (exact) mass is 629 g/mol. The number of rotatable bonds is 2. The molecule has 0 saturated carbocycles. The van der Waals surface area contributed by atoms with Crippen LogP contribution in [0.15, 0.2) is 90.3 Å². The van der Waals surface area contributed by atoms with Gasteiger partial charge in [0.1, 0.15) is 12.4 Å². The van der Waals surface area contributed by atoms with Gasteiger partial charge >= 0.3 is 0 Å². The fraction of sp³-hybridized carbons (Fsp3) is 0.350. The predicted octanol–water partition coefficient (Wildman–Crippen LogP) is 6.41. The van der Waals surface area contributed by atoms with Crippen molar-refractivity contribution >= 4 is 16.6 Å². The molecule has 0 aliphatic carbocycles. The lowest BCUT2D eigenvalue weighted by molar-refractivity contribution is 0.0168. The third kappa shape index (κ3) is 7.26. The molecule has 4 unspecified atom stereocenters. The number of fused-ring (bicyclic) bond motifs is 6. The molecule has 7 nitrogen and oxygen atoms in total. The van der Waals surface area contributed by atoms with E-state index < -0.39 is 12.3 Å². The Labute approximate surface area is 276 Å². The van der Waals surface area contributed by atoms with Gasteiger partial charge in [-0.3, -0.25) is 0 Å². The number of phenolic OH excluding ortho intramolecular Hbond substituents is 1. The predicted molar refractivity (Wildman–Crippen MR) is 186 cm³/mol. The molecule has 0 saturated heterocycles. The van der Waals surface area contributed by atoms with Crippen LogP contribution in [-0.4, -0.2) is 39.8 Å². The van der Waals surface area contributed by atoms with Gasteiger partial charge in [0, 0.05) is 40.2 Å². The largest absolute Gasteiger partial charge is 0.504 e. The number of hydrogen-bond acceptors (Lipinski definition) is 6. The highest BCUT2D eigenvalue weighted by Gasteiger charge is 2.25. The van der Waals surface area contributed by atoms with Gasteiger partial charge in [-0.25, -0.2) is 0 Å². The van der Waals surface area contributed by atoms with E-state index in [1.165, 1.54) is 11.1 Å². The molecule has 5 N–H and O–H groups in total. The summed E-state index contributed by atoms with van der Waals surface area (Å²) >= 11 is 0. The van der Waals surface area contributed by atoms with Gasteiger partial charge < -0.3 is 35.3 Å². The molecule has 3 aromatic carbocycles. The summed E-state index contributed by atoms with van der Waals surface area (Å²) in [7, 11) is 0. The molecule has 0 amide bonds. The van der Waals surface area contributed by atoms with Crippen molar-refractivity contribution in [1.29, 1.82) is 0 Å². The highest BCUT2D eigenvalue weighted by Crippen LogP contribution is 2.33. The smallest absolute Gasteiger partial charge is 0.161 e. The number of aromatic nitrogens is 1. The van der Waals surface area contributed by atoms with Crippen LogP contribution in [0.5, 0.6) is 11.5 Å². The number of nitrogens with zero attached hydrogens (tertiary/aromatic N) is 1. The van der Waals surface area contributed by atoms with Crippen molar-refractivity contribution in [2.45, 2.75) is 76.9 Å². The standard InChI is InChI=1S/C40H43N3O4/c1-26-6-5-9-34-21-33(44)14-11-28-12-15-37(45)38(19-28)47-24-32-18-29(16-27-7-3-2-4-8-27)17-31-22-43(23-35(31)32)40-36(25-46-34)30(13-10-26)20-39(41)42-40/h2-4,7-8,12,15,17-20,22-23,26,33-34,39,42,44-45H,5-6,9,11,14,16,21,24-25,41H2,1H3. The van der Waals surface area contributed by atoms with Crippen LogP contribution in [0.25, 0.3) is 16.6 Å². The minimum atomic E-state index is -0.524. The van der Waals surface area contributed by atoms with Crippen molar-refractivity contribution in [3.8, 4) is 23.3 Å². The van der Waals surface area contributed by atoms with Crippen LogP contribution >= 0.6 is 0 Å². The molecule has 4 aromatic rings. The third-order valence-corrected chi connectivity index (χ3v) is 9.46. The lowest BCUT2D eigenvalue weighted by Gasteiger charge is -2.28. The topological polar surface area (TPSA) is 102 Å². The molecule has 0 spiro atoms. The summed E-state index contributed by atoms with van der Waals surface area (Å²) in [5, 5.41) is 27.5. The summed E-state index contributed by atoms with van der Waals surface area (Å²) in [6.07, 6.45) is 10.6. The number of nitrogens with one attached hydrogen (secondary N) is 1. The number of nitrogens with two attached hydrogens (primary N) is 1. The maximum absolute atomic E-state index is 11.1. The van der Waals surface area contributed by atoms with Crippen molar-refractivity contribution in [2.75, 3.05) is 6.61 Å². The van der Waals surface area contributed by atoms with E-state index in [-0.39, 0.29) is 24.4 Å². The fourth-order valence-electron chi connectivity index (χ4n) is 6.90. The first-order chi connectivity index (χ1) is 22.9. The molecule has 3 aliphatic heterocycles. The summed E-state index contributed by atoms with van der Waals surface area (Å²) in [6, 6.07) is 20.4. The average Bonchev–Trinajstić information content (AvgIpc) is 3.48. The average molecular weight is 630 g/mol. The lowest BCUT2D eigenvalue weighted by Crippen LogP contribution is -2.40. The second-order valence-electron chi connectivity index (χ2n) is 13.2. The molecule has 0 fully saturated rings. The first kappa shape index (κ1) is 31.1.